The first-order valence-corrected chi connectivity index (χ1v) is 8.39. The number of nitrogens with zero attached hydrogens (tertiary/aromatic N) is 1. The van der Waals surface area contributed by atoms with Crippen LogP contribution in [0.15, 0.2) is 18.2 Å². The van der Waals surface area contributed by atoms with Crippen molar-refractivity contribution in [2.75, 3.05) is 13.7 Å². The highest BCUT2D eigenvalue weighted by Gasteiger charge is 2.37. The van der Waals surface area contributed by atoms with Crippen LogP contribution in [0.4, 0.5) is 4.79 Å². The van der Waals surface area contributed by atoms with Crippen molar-refractivity contribution < 1.29 is 23.9 Å². The number of ether oxygens (including phenoxy) is 2. The van der Waals surface area contributed by atoms with Crippen molar-refractivity contribution in [3.8, 4) is 0 Å². The van der Waals surface area contributed by atoms with Crippen molar-refractivity contribution >= 4 is 17.8 Å². The van der Waals surface area contributed by atoms with E-state index in [4.69, 9.17) is 9.47 Å². The zero-order valence-corrected chi connectivity index (χ0v) is 15.4. The fraction of sp³-hybridized carbons (Fsp3) is 0.526. The molecule has 0 spiro atoms. The number of benzene rings is 1. The normalized spacial score (nSPS) is 16.4. The van der Waals surface area contributed by atoms with E-state index in [1.54, 1.807) is 20.0 Å². The molecule has 1 aromatic carbocycles. The van der Waals surface area contributed by atoms with Crippen molar-refractivity contribution in [2.45, 2.75) is 46.3 Å². The number of rotatable bonds is 4. The molecule has 6 heteroatoms. The number of hydrogen-bond donors (Lipinski definition) is 0. The Morgan fingerprint density at radius 1 is 1.28 bits per heavy atom. The molecule has 1 aliphatic rings. The first-order valence-electron chi connectivity index (χ1n) is 8.39. The molecule has 1 aromatic rings. The van der Waals surface area contributed by atoms with E-state index in [1.165, 1.54) is 4.90 Å². The molecule has 25 heavy (non-hydrogen) atoms. The number of ketones is 1. The van der Waals surface area contributed by atoms with Gasteiger partial charge in [0.15, 0.2) is 5.78 Å². The summed E-state index contributed by atoms with van der Waals surface area (Å²) in [7, 11) is 1.64. The molecule has 1 amide bonds. The van der Waals surface area contributed by atoms with E-state index in [0.717, 1.165) is 11.1 Å². The van der Waals surface area contributed by atoms with E-state index in [1.807, 2.05) is 32.9 Å². The topological polar surface area (TPSA) is 72.9 Å². The van der Waals surface area contributed by atoms with Crippen molar-refractivity contribution in [3.63, 3.8) is 0 Å². The smallest absolute Gasteiger partial charge is 0.410 e. The Hall–Kier alpha value is -2.37. The molecule has 136 valence electrons. The Morgan fingerprint density at radius 2 is 1.96 bits per heavy atom. The summed E-state index contributed by atoms with van der Waals surface area (Å²) in [5, 5.41) is 0. The summed E-state index contributed by atoms with van der Waals surface area (Å²) in [6.45, 7) is 7.71. The van der Waals surface area contributed by atoms with Crippen molar-refractivity contribution in [1.29, 1.82) is 0 Å². The quantitative estimate of drug-likeness (QED) is 0.618. The first kappa shape index (κ1) is 19.0. The third kappa shape index (κ3) is 4.59. The lowest BCUT2D eigenvalue weighted by Crippen LogP contribution is -2.33. The van der Waals surface area contributed by atoms with Crippen LogP contribution in [0.1, 0.15) is 49.2 Å². The first-order chi connectivity index (χ1) is 11.6. The third-order valence-corrected chi connectivity index (χ3v) is 3.88. The number of carbonyl (C=O) groups excluding carboxylic acids is 3. The molecule has 1 atom stereocenters. The predicted octanol–water partition coefficient (Wildman–Crippen LogP) is 2.97. The molecular formula is C19H25NO5. The minimum Gasteiger partial charge on any atom is -0.465 e. The molecule has 6 nitrogen and oxygen atoms in total. The van der Waals surface area contributed by atoms with Crippen LogP contribution in [-0.2, 0) is 27.2 Å². The maximum atomic E-state index is 12.5. The highest BCUT2D eigenvalue weighted by Crippen LogP contribution is 2.29. The van der Waals surface area contributed by atoms with Crippen LogP contribution >= 0.6 is 0 Å². The molecule has 1 unspecified atom stereocenters. The summed E-state index contributed by atoms with van der Waals surface area (Å²) < 4.78 is 10.3. The standard InChI is InChI=1S/C19H25NO5/c1-6-24-17(22)15-10-13-8-7-12(9-14(13)16(15)21)11-20(5)18(23)25-19(2,3)4/h7-9,15H,6,10-11H2,1-5H3. The average Bonchev–Trinajstić information content (AvgIpc) is 2.83. The Kier molecular flexibility index (Phi) is 5.50. The van der Waals surface area contributed by atoms with Gasteiger partial charge in [0.25, 0.3) is 0 Å². The lowest BCUT2D eigenvalue weighted by Gasteiger charge is -2.24. The van der Waals surface area contributed by atoms with Gasteiger partial charge in [0, 0.05) is 19.2 Å². The summed E-state index contributed by atoms with van der Waals surface area (Å²) in [5.41, 5.74) is 1.62. The monoisotopic (exact) mass is 347 g/mol. The van der Waals surface area contributed by atoms with Gasteiger partial charge < -0.3 is 14.4 Å². The lowest BCUT2D eigenvalue weighted by atomic mass is 10.0. The molecule has 0 aliphatic heterocycles. The number of hydrogen-bond acceptors (Lipinski definition) is 5. The number of fused-ring (bicyclic) bond motifs is 1. The summed E-state index contributed by atoms with van der Waals surface area (Å²) >= 11 is 0. The number of amides is 1. The molecule has 0 N–H and O–H groups in total. The zero-order valence-electron chi connectivity index (χ0n) is 15.4. The van der Waals surface area contributed by atoms with E-state index in [0.29, 0.717) is 18.5 Å². The van der Waals surface area contributed by atoms with Gasteiger partial charge in [0.2, 0.25) is 0 Å². The molecule has 2 rings (SSSR count). The van der Waals surface area contributed by atoms with Crippen LogP contribution in [0, 0.1) is 5.92 Å². The van der Waals surface area contributed by atoms with Gasteiger partial charge in [-0.05, 0) is 51.3 Å². The maximum Gasteiger partial charge on any atom is 0.410 e. The predicted molar refractivity (Wildman–Crippen MR) is 92.3 cm³/mol. The van der Waals surface area contributed by atoms with Gasteiger partial charge in [-0.1, -0.05) is 12.1 Å². The minimum atomic E-state index is -0.756. The van der Waals surface area contributed by atoms with E-state index >= 15 is 0 Å². The van der Waals surface area contributed by atoms with Crippen LogP contribution in [0.3, 0.4) is 0 Å². The summed E-state index contributed by atoms with van der Waals surface area (Å²) in [6, 6.07) is 5.45. The second kappa shape index (κ2) is 7.25. The molecule has 0 heterocycles. The van der Waals surface area contributed by atoms with E-state index in [2.05, 4.69) is 0 Å². The second-order valence-electron chi connectivity index (χ2n) is 7.20. The zero-order chi connectivity index (χ0) is 18.8. The highest BCUT2D eigenvalue weighted by atomic mass is 16.6. The molecule has 0 bridgehead atoms. The molecular weight excluding hydrogens is 322 g/mol. The van der Waals surface area contributed by atoms with Crippen LogP contribution in [0.5, 0.6) is 0 Å². The van der Waals surface area contributed by atoms with E-state index in [9.17, 15) is 14.4 Å². The lowest BCUT2D eigenvalue weighted by molar-refractivity contribution is -0.145. The van der Waals surface area contributed by atoms with Gasteiger partial charge in [-0.15, -0.1) is 0 Å². The van der Waals surface area contributed by atoms with Gasteiger partial charge in [-0.3, -0.25) is 9.59 Å². The Balaban J connectivity index is 2.09. The Labute approximate surface area is 148 Å². The van der Waals surface area contributed by atoms with Crippen LogP contribution in [-0.4, -0.2) is 42.0 Å². The fourth-order valence-corrected chi connectivity index (χ4v) is 2.74. The molecule has 0 radical (unpaired) electrons. The van der Waals surface area contributed by atoms with E-state index < -0.39 is 23.6 Å². The van der Waals surface area contributed by atoms with Gasteiger partial charge >= 0.3 is 12.1 Å². The minimum absolute atomic E-state index is 0.213. The molecule has 1 aliphatic carbocycles. The van der Waals surface area contributed by atoms with Gasteiger partial charge in [-0.2, -0.15) is 0 Å². The van der Waals surface area contributed by atoms with E-state index in [-0.39, 0.29) is 12.4 Å². The third-order valence-electron chi connectivity index (χ3n) is 3.88. The number of Topliss-reactive ketones (excluding diaryl/α,β-unsaturated/α-hetero) is 1. The fourth-order valence-electron chi connectivity index (χ4n) is 2.74. The van der Waals surface area contributed by atoms with Crippen LogP contribution in [0.25, 0.3) is 0 Å². The van der Waals surface area contributed by atoms with Gasteiger partial charge in [-0.25, -0.2) is 4.79 Å². The van der Waals surface area contributed by atoms with Crippen molar-refractivity contribution in [3.05, 3.63) is 34.9 Å². The summed E-state index contributed by atoms with van der Waals surface area (Å²) in [4.78, 5) is 37.9. The SMILES string of the molecule is CCOC(=O)C1Cc2ccc(CN(C)C(=O)OC(C)(C)C)cc2C1=O. The van der Waals surface area contributed by atoms with Gasteiger partial charge in [0.1, 0.15) is 11.5 Å². The van der Waals surface area contributed by atoms with Crippen LogP contribution < -0.4 is 0 Å². The summed E-state index contributed by atoms with van der Waals surface area (Å²) in [6.07, 6.45) is -0.0569. The molecule has 0 saturated heterocycles. The number of esters is 1. The van der Waals surface area contributed by atoms with Gasteiger partial charge in [0.05, 0.1) is 6.61 Å². The molecule has 0 saturated carbocycles. The van der Waals surface area contributed by atoms with Crippen molar-refractivity contribution in [1.82, 2.24) is 4.90 Å². The Bertz CT molecular complexity index is 690. The van der Waals surface area contributed by atoms with Crippen LogP contribution in [0.2, 0.25) is 0 Å². The summed E-state index contributed by atoms with van der Waals surface area (Å²) in [5.74, 6) is -1.44. The number of carbonyl (C=O) groups is 3. The van der Waals surface area contributed by atoms with Crippen molar-refractivity contribution in [2.24, 2.45) is 5.92 Å². The second-order valence-corrected chi connectivity index (χ2v) is 7.20. The highest BCUT2D eigenvalue weighted by molar-refractivity contribution is 6.12. The largest absolute Gasteiger partial charge is 0.465 e. The molecule has 0 fully saturated rings. The average molecular weight is 347 g/mol. The Morgan fingerprint density at radius 3 is 2.56 bits per heavy atom. The maximum absolute atomic E-state index is 12.5. The molecule has 0 aromatic heterocycles.